The highest BCUT2D eigenvalue weighted by Crippen LogP contribution is 2.32. The van der Waals surface area contributed by atoms with Gasteiger partial charge in [0.2, 0.25) is 5.95 Å². The van der Waals surface area contributed by atoms with Crippen LogP contribution >= 0.6 is 0 Å². The van der Waals surface area contributed by atoms with Crippen LogP contribution in [0.25, 0.3) is 10.9 Å². The maximum Gasteiger partial charge on any atom is 0.319 e. The Bertz CT molecular complexity index is 1190. The topological polar surface area (TPSA) is 82.2 Å². The lowest BCUT2D eigenvalue weighted by Crippen LogP contribution is -2.36. The normalized spacial score (nSPS) is 17.7. The summed E-state index contributed by atoms with van der Waals surface area (Å²) in [4.78, 5) is 24.4. The Morgan fingerprint density at radius 3 is 2.19 bits per heavy atom. The van der Waals surface area contributed by atoms with E-state index in [-0.39, 0.29) is 6.03 Å². The van der Waals surface area contributed by atoms with Crippen LogP contribution in [0.4, 0.5) is 22.2 Å². The second kappa shape index (κ2) is 11.8. The van der Waals surface area contributed by atoms with Crippen LogP contribution in [-0.2, 0) is 0 Å². The third kappa shape index (κ3) is 6.51. The van der Waals surface area contributed by atoms with E-state index in [0.717, 1.165) is 48.1 Å². The Kier molecular flexibility index (Phi) is 8.52. The molecule has 2 amide bonds. The van der Waals surface area contributed by atoms with E-state index in [4.69, 9.17) is 9.97 Å². The Labute approximate surface area is 221 Å². The number of urea groups is 1. The Morgan fingerprint density at radius 1 is 0.919 bits per heavy atom. The fourth-order valence-electron chi connectivity index (χ4n) is 5.25. The minimum absolute atomic E-state index is 0.115. The van der Waals surface area contributed by atoms with Crippen molar-refractivity contribution < 1.29 is 4.79 Å². The first kappa shape index (κ1) is 26.7. The third-order valence-electron chi connectivity index (χ3n) is 7.35. The van der Waals surface area contributed by atoms with E-state index in [1.54, 1.807) is 0 Å². The van der Waals surface area contributed by atoms with Crippen LogP contribution in [0.5, 0.6) is 0 Å². The Hall–Kier alpha value is -3.35. The molecule has 3 N–H and O–H groups in total. The van der Waals surface area contributed by atoms with Gasteiger partial charge in [-0.2, -0.15) is 4.98 Å². The predicted molar refractivity (Wildman–Crippen MR) is 155 cm³/mol. The van der Waals surface area contributed by atoms with Crippen molar-refractivity contribution in [2.24, 2.45) is 5.92 Å². The first-order chi connectivity index (χ1) is 17.7. The van der Waals surface area contributed by atoms with E-state index in [1.165, 1.54) is 11.1 Å². The van der Waals surface area contributed by atoms with Gasteiger partial charge < -0.3 is 20.9 Å². The highest BCUT2D eigenvalue weighted by molar-refractivity contribution is 5.91. The zero-order chi connectivity index (χ0) is 26.5. The minimum atomic E-state index is -0.115. The number of nitrogens with zero attached hydrogens (tertiary/aromatic N) is 3. The molecule has 1 saturated carbocycles. The molecule has 7 heteroatoms. The van der Waals surface area contributed by atoms with Gasteiger partial charge in [-0.05, 0) is 66.7 Å². The van der Waals surface area contributed by atoms with Gasteiger partial charge in [0.1, 0.15) is 5.82 Å². The summed E-state index contributed by atoms with van der Waals surface area (Å²) in [5.41, 5.74) is 4.28. The van der Waals surface area contributed by atoms with Gasteiger partial charge in [-0.15, -0.1) is 0 Å². The standard InChI is InChI=1S/C30H42N6O/c1-19(2)23-11-9-12-24(20(3)4)27(23)34-30(37)31-18-21-14-16-22(17-15-21)32-29-33-26-13-8-7-10-25(26)28(35-29)36(5)6/h7-13,19-22H,14-18H2,1-6H3,(H2,31,34,37)(H,32,33,35)/t21-,22+. The average molecular weight is 503 g/mol. The summed E-state index contributed by atoms with van der Waals surface area (Å²) in [6, 6.07) is 14.7. The number of benzene rings is 2. The quantitative estimate of drug-likeness (QED) is 0.318. The summed E-state index contributed by atoms with van der Waals surface area (Å²) in [6.45, 7) is 9.35. The van der Waals surface area contributed by atoms with Crippen molar-refractivity contribution in [2.45, 2.75) is 71.3 Å². The van der Waals surface area contributed by atoms with Gasteiger partial charge in [0.25, 0.3) is 0 Å². The number of anilines is 3. The lowest BCUT2D eigenvalue weighted by Gasteiger charge is -2.29. The zero-order valence-electron chi connectivity index (χ0n) is 23.1. The zero-order valence-corrected chi connectivity index (χ0v) is 23.1. The molecule has 0 atom stereocenters. The number of hydrogen-bond acceptors (Lipinski definition) is 5. The van der Waals surface area contributed by atoms with Crippen molar-refractivity contribution >= 4 is 34.4 Å². The van der Waals surface area contributed by atoms with Crippen LogP contribution < -0.4 is 20.9 Å². The van der Waals surface area contributed by atoms with Crippen molar-refractivity contribution in [1.82, 2.24) is 15.3 Å². The van der Waals surface area contributed by atoms with E-state index < -0.39 is 0 Å². The number of aromatic nitrogens is 2. The molecule has 7 nitrogen and oxygen atoms in total. The van der Waals surface area contributed by atoms with Crippen LogP contribution in [0, 0.1) is 5.92 Å². The van der Waals surface area contributed by atoms with E-state index in [2.05, 4.69) is 67.9 Å². The smallest absolute Gasteiger partial charge is 0.319 e. The molecule has 4 rings (SSSR count). The molecule has 1 aliphatic carbocycles. The lowest BCUT2D eigenvalue weighted by molar-refractivity contribution is 0.246. The second-order valence-corrected chi connectivity index (χ2v) is 11.1. The molecule has 2 aromatic carbocycles. The fourth-order valence-corrected chi connectivity index (χ4v) is 5.25. The molecule has 1 heterocycles. The van der Waals surface area contributed by atoms with Crippen LogP contribution in [0.1, 0.15) is 76.3 Å². The van der Waals surface area contributed by atoms with Crippen molar-refractivity contribution in [3.63, 3.8) is 0 Å². The van der Waals surface area contributed by atoms with Crippen molar-refractivity contribution in [3.8, 4) is 0 Å². The SMILES string of the molecule is CC(C)c1cccc(C(C)C)c1NC(=O)NC[C@H]1CC[C@@H](Nc2nc(N(C)C)c3ccccc3n2)CC1. The lowest BCUT2D eigenvalue weighted by atomic mass is 9.86. The summed E-state index contributed by atoms with van der Waals surface area (Å²) in [5, 5.41) is 10.9. The van der Waals surface area contributed by atoms with Gasteiger partial charge in [-0.25, -0.2) is 9.78 Å². The molecule has 0 aliphatic heterocycles. The second-order valence-electron chi connectivity index (χ2n) is 11.1. The van der Waals surface area contributed by atoms with Crippen LogP contribution in [0.15, 0.2) is 42.5 Å². The van der Waals surface area contributed by atoms with Crippen LogP contribution in [-0.4, -0.2) is 42.7 Å². The number of amides is 2. The summed E-state index contributed by atoms with van der Waals surface area (Å²) in [6.07, 6.45) is 4.20. The monoisotopic (exact) mass is 502 g/mol. The molecule has 198 valence electrons. The van der Waals surface area contributed by atoms with Crippen LogP contribution in [0.2, 0.25) is 0 Å². The number of nitrogens with one attached hydrogen (secondary N) is 3. The maximum atomic E-state index is 12.8. The molecular formula is C30H42N6O. The first-order valence-electron chi connectivity index (χ1n) is 13.6. The van der Waals surface area contributed by atoms with Gasteiger partial charge in [-0.1, -0.05) is 58.0 Å². The highest BCUT2D eigenvalue weighted by atomic mass is 16.2. The molecule has 0 radical (unpaired) electrons. The van der Waals surface area contributed by atoms with Crippen molar-refractivity contribution in [2.75, 3.05) is 36.2 Å². The fraction of sp³-hybridized carbons (Fsp3) is 0.500. The summed E-state index contributed by atoms with van der Waals surface area (Å²) >= 11 is 0. The molecular weight excluding hydrogens is 460 g/mol. The number of para-hydroxylation sites is 2. The van der Waals surface area contributed by atoms with E-state index in [9.17, 15) is 4.79 Å². The van der Waals surface area contributed by atoms with Crippen LogP contribution in [0.3, 0.4) is 0 Å². The van der Waals surface area contributed by atoms with E-state index in [0.29, 0.717) is 36.3 Å². The molecule has 3 aromatic rings. The van der Waals surface area contributed by atoms with Crippen molar-refractivity contribution in [1.29, 1.82) is 0 Å². The molecule has 0 bridgehead atoms. The molecule has 0 unspecified atom stereocenters. The van der Waals surface area contributed by atoms with E-state index >= 15 is 0 Å². The molecule has 37 heavy (non-hydrogen) atoms. The van der Waals surface area contributed by atoms with Gasteiger partial charge in [0, 0.05) is 37.8 Å². The Morgan fingerprint density at radius 2 is 1.57 bits per heavy atom. The molecule has 1 fully saturated rings. The largest absolute Gasteiger partial charge is 0.362 e. The summed E-state index contributed by atoms with van der Waals surface area (Å²) in [7, 11) is 4.02. The Balaban J connectivity index is 1.31. The number of hydrogen-bond donors (Lipinski definition) is 3. The maximum absolute atomic E-state index is 12.8. The van der Waals surface area contributed by atoms with Gasteiger partial charge in [0.05, 0.1) is 5.52 Å². The summed E-state index contributed by atoms with van der Waals surface area (Å²) < 4.78 is 0. The number of fused-ring (bicyclic) bond motifs is 1. The molecule has 1 aliphatic rings. The molecule has 1 aromatic heterocycles. The number of carbonyl (C=O) groups excluding carboxylic acids is 1. The third-order valence-corrected chi connectivity index (χ3v) is 7.35. The molecule has 0 spiro atoms. The first-order valence-corrected chi connectivity index (χ1v) is 13.6. The summed E-state index contributed by atoms with van der Waals surface area (Å²) in [5.74, 6) is 2.78. The van der Waals surface area contributed by atoms with Gasteiger partial charge in [0.15, 0.2) is 0 Å². The highest BCUT2D eigenvalue weighted by Gasteiger charge is 2.23. The van der Waals surface area contributed by atoms with Gasteiger partial charge in [-0.3, -0.25) is 0 Å². The van der Waals surface area contributed by atoms with Gasteiger partial charge >= 0.3 is 6.03 Å². The number of rotatable bonds is 8. The predicted octanol–water partition coefficient (Wildman–Crippen LogP) is 6.74. The average Bonchev–Trinajstić information content (AvgIpc) is 2.87. The minimum Gasteiger partial charge on any atom is -0.362 e. The van der Waals surface area contributed by atoms with Crippen molar-refractivity contribution in [3.05, 3.63) is 53.6 Å². The van der Waals surface area contributed by atoms with E-state index in [1.807, 2.05) is 37.2 Å². The molecule has 0 saturated heterocycles. The number of carbonyl (C=O) groups is 1.